The minimum Gasteiger partial charge on any atom is -0.394 e. The van der Waals surface area contributed by atoms with Crippen molar-refractivity contribution in [2.75, 3.05) is 24.6 Å². The van der Waals surface area contributed by atoms with Crippen LogP contribution in [0.4, 0.5) is 5.82 Å². The Kier molecular flexibility index (Phi) is 4.45. The van der Waals surface area contributed by atoms with Crippen molar-refractivity contribution in [3.05, 3.63) is 47.0 Å². The predicted octanol–water partition coefficient (Wildman–Crippen LogP) is 2.13. The van der Waals surface area contributed by atoms with Crippen molar-refractivity contribution in [2.45, 2.75) is 50.6 Å². The third-order valence-corrected chi connectivity index (χ3v) is 7.68. The van der Waals surface area contributed by atoms with E-state index in [1.54, 1.807) is 10.9 Å². The van der Waals surface area contributed by atoms with Gasteiger partial charge >= 0.3 is 0 Å². The van der Waals surface area contributed by atoms with E-state index in [9.17, 15) is 9.90 Å². The molecule has 0 amide bonds. The third-order valence-electron chi connectivity index (χ3n) is 7.51. The highest BCUT2D eigenvalue weighted by molar-refractivity contribution is 6.28. The number of hydrogen-bond donors (Lipinski definition) is 1. The maximum Gasteiger partial charge on any atom is 0.226 e. The SMILES string of the molecule is CC1(C)OC2[C@@H](O1)[C@@H](CO)O[C@H]2n1cnc2c(N3CC4(Cc5ccccc5C4=O)C3)nc(Cl)nc21. The number of aromatic nitrogens is 4. The standard InChI is InChI=1S/C24H24ClN5O5/c1-23(2)34-16-14(8-31)33-21(17(16)35-23)30-11-26-15-19(27-22(25)28-20(15)30)29-9-24(10-29)7-12-5-3-4-6-13(12)18(24)32/h3-6,11,14,16-17,21,31H,7-10H2,1-2H3/t14-,16+,17?,21-/m1/s1. The largest absolute Gasteiger partial charge is 0.394 e. The molecule has 3 aliphatic heterocycles. The lowest BCUT2D eigenvalue weighted by molar-refractivity contribution is -0.199. The summed E-state index contributed by atoms with van der Waals surface area (Å²) in [6.45, 7) is 4.55. The van der Waals surface area contributed by atoms with Crippen molar-refractivity contribution in [2.24, 2.45) is 5.41 Å². The Hall–Kier alpha value is -2.63. The summed E-state index contributed by atoms with van der Waals surface area (Å²) in [4.78, 5) is 28.7. The molecule has 4 atom stereocenters. The quantitative estimate of drug-likeness (QED) is 0.544. The lowest BCUT2D eigenvalue weighted by atomic mass is 9.76. The molecule has 0 saturated carbocycles. The summed E-state index contributed by atoms with van der Waals surface area (Å²) < 4.78 is 19.9. The Morgan fingerprint density at radius 2 is 1.94 bits per heavy atom. The molecule has 10 nitrogen and oxygen atoms in total. The lowest BCUT2D eigenvalue weighted by Crippen LogP contribution is -2.60. The summed E-state index contributed by atoms with van der Waals surface area (Å²) in [7, 11) is 0. The predicted molar refractivity (Wildman–Crippen MR) is 124 cm³/mol. The Labute approximate surface area is 205 Å². The molecular formula is C24H24ClN5O5. The number of halogens is 1. The number of carbonyl (C=O) groups is 1. The van der Waals surface area contributed by atoms with Crippen molar-refractivity contribution in [1.29, 1.82) is 0 Å². The fourth-order valence-electron chi connectivity index (χ4n) is 6.03. The summed E-state index contributed by atoms with van der Waals surface area (Å²) in [6.07, 6.45) is 0.353. The highest BCUT2D eigenvalue weighted by Gasteiger charge is 2.57. The maximum atomic E-state index is 13.1. The Bertz CT molecular complexity index is 1370. The third kappa shape index (κ3) is 3.04. The van der Waals surface area contributed by atoms with Crippen LogP contribution in [0.1, 0.15) is 36.0 Å². The molecule has 3 saturated heterocycles. The number of fused-ring (bicyclic) bond motifs is 3. The summed E-state index contributed by atoms with van der Waals surface area (Å²) >= 11 is 6.36. The first-order valence-electron chi connectivity index (χ1n) is 11.7. The van der Waals surface area contributed by atoms with Gasteiger partial charge in [0, 0.05) is 18.7 Å². The second kappa shape index (κ2) is 7.21. The van der Waals surface area contributed by atoms with Crippen LogP contribution in [0.25, 0.3) is 11.2 Å². The maximum absolute atomic E-state index is 13.1. The number of imidazole rings is 1. The summed E-state index contributed by atoms with van der Waals surface area (Å²) in [5, 5.41) is 9.91. The van der Waals surface area contributed by atoms with Crippen molar-refractivity contribution in [3.8, 4) is 0 Å². The monoisotopic (exact) mass is 497 g/mol. The average Bonchev–Trinajstić information content (AvgIpc) is 3.51. The molecule has 4 aliphatic rings. The zero-order chi connectivity index (χ0) is 24.1. The van der Waals surface area contributed by atoms with Gasteiger partial charge in [-0.15, -0.1) is 0 Å². The summed E-state index contributed by atoms with van der Waals surface area (Å²) in [5.41, 5.74) is 2.54. The number of benzene rings is 1. The highest BCUT2D eigenvalue weighted by atomic mass is 35.5. The number of ether oxygens (including phenoxy) is 3. The molecule has 1 N–H and O–H groups in total. The van der Waals surface area contributed by atoms with Crippen LogP contribution in [0.15, 0.2) is 30.6 Å². The van der Waals surface area contributed by atoms with Gasteiger partial charge in [-0.2, -0.15) is 9.97 Å². The van der Waals surface area contributed by atoms with Gasteiger partial charge in [0.05, 0.1) is 18.3 Å². The van der Waals surface area contributed by atoms with Gasteiger partial charge in [0.15, 0.2) is 34.8 Å². The smallest absolute Gasteiger partial charge is 0.226 e. The van der Waals surface area contributed by atoms with E-state index in [1.807, 2.05) is 43.0 Å². The molecular weight excluding hydrogens is 474 g/mol. The Balaban J connectivity index is 1.21. The minimum atomic E-state index is -0.795. The van der Waals surface area contributed by atoms with E-state index >= 15 is 0 Å². The van der Waals surface area contributed by atoms with Gasteiger partial charge in [-0.3, -0.25) is 9.36 Å². The average molecular weight is 498 g/mol. The van der Waals surface area contributed by atoms with Gasteiger partial charge < -0.3 is 24.2 Å². The first kappa shape index (κ1) is 21.6. The fraction of sp³-hybridized carbons (Fsp3) is 0.500. The van der Waals surface area contributed by atoms with Crippen molar-refractivity contribution >= 4 is 34.4 Å². The molecule has 1 spiro atoms. The molecule has 182 valence electrons. The van der Waals surface area contributed by atoms with Gasteiger partial charge in [0.25, 0.3) is 0 Å². The van der Waals surface area contributed by atoms with E-state index in [2.05, 4.69) is 15.0 Å². The van der Waals surface area contributed by atoms with Gasteiger partial charge in [-0.1, -0.05) is 24.3 Å². The van der Waals surface area contributed by atoms with Crippen LogP contribution in [-0.4, -0.2) is 74.2 Å². The van der Waals surface area contributed by atoms with E-state index in [1.165, 1.54) is 0 Å². The van der Waals surface area contributed by atoms with Crippen LogP contribution in [0, 0.1) is 5.41 Å². The number of carbonyl (C=O) groups excluding carboxylic acids is 1. The Morgan fingerprint density at radius 1 is 1.17 bits per heavy atom. The van der Waals surface area contributed by atoms with E-state index in [4.69, 9.17) is 25.8 Å². The van der Waals surface area contributed by atoms with Crippen molar-refractivity contribution in [1.82, 2.24) is 19.5 Å². The number of aliphatic hydroxyl groups is 1. The number of hydrogen-bond acceptors (Lipinski definition) is 9. The minimum absolute atomic E-state index is 0.0772. The molecule has 1 unspecified atom stereocenters. The van der Waals surface area contributed by atoms with E-state index in [0.29, 0.717) is 30.1 Å². The van der Waals surface area contributed by atoms with E-state index < -0.39 is 35.7 Å². The number of rotatable bonds is 3. The molecule has 1 aliphatic carbocycles. The molecule has 5 heterocycles. The van der Waals surface area contributed by atoms with Gasteiger partial charge in [-0.25, -0.2) is 4.98 Å². The summed E-state index contributed by atoms with van der Waals surface area (Å²) in [6, 6.07) is 7.81. The highest BCUT2D eigenvalue weighted by Crippen LogP contribution is 2.47. The number of aliphatic hydroxyl groups excluding tert-OH is 1. The van der Waals surface area contributed by atoms with Crippen molar-refractivity contribution < 1.29 is 24.1 Å². The van der Waals surface area contributed by atoms with Crippen molar-refractivity contribution in [3.63, 3.8) is 0 Å². The van der Waals surface area contributed by atoms with Gasteiger partial charge in [0.1, 0.15) is 18.3 Å². The number of ketones is 1. The lowest BCUT2D eigenvalue weighted by Gasteiger charge is -2.47. The molecule has 35 heavy (non-hydrogen) atoms. The van der Waals surface area contributed by atoms with Gasteiger partial charge in [-0.05, 0) is 37.4 Å². The zero-order valence-electron chi connectivity index (χ0n) is 19.2. The van der Waals surface area contributed by atoms with Crippen LogP contribution in [0.2, 0.25) is 5.28 Å². The molecule has 11 heteroatoms. The number of nitrogens with zero attached hydrogens (tertiary/aromatic N) is 5. The molecule has 2 aromatic heterocycles. The van der Waals surface area contributed by atoms with Crippen LogP contribution < -0.4 is 4.90 Å². The number of anilines is 1. The van der Waals surface area contributed by atoms with Crippen LogP contribution in [0.5, 0.6) is 0 Å². The van der Waals surface area contributed by atoms with Crippen LogP contribution >= 0.6 is 11.6 Å². The molecule has 0 radical (unpaired) electrons. The Morgan fingerprint density at radius 3 is 2.71 bits per heavy atom. The first-order chi connectivity index (χ1) is 16.8. The first-order valence-corrected chi connectivity index (χ1v) is 12.1. The molecule has 3 fully saturated rings. The molecule has 7 rings (SSSR count). The summed E-state index contributed by atoms with van der Waals surface area (Å²) in [5.74, 6) is -0.0194. The van der Waals surface area contributed by atoms with E-state index in [0.717, 1.165) is 17.5 Å². The number of Topliss-reactive ketones (excluding diaryl/α,β-unsaturated/α-hetero) is 1. The second-order valence-corrected chi connectivity index (χ2v) is 10.6. The molecule has 3 aromatic rings. The molecule has 0 bridgehead atoms. The van der Waals surface area contributed by atoms with Crippen LogP contribution in [0.3, 0.4) is 0 Å². The second-order valence-electron chi connectivity index (χ2n) is 10.3. The zero-order valence-corrected chi connectivity index (χ0v) is 20.0. The fourth-order valence-corrected chi connectivity index (χ4v) is 6.19. The van der Waals surface area contributed by atoms with Gasteiger partial charge in [0.2, 0.25) is 5.28 Å². The van der Waals surface area contributed by atoms with Crippen LogP contribution in [-0.2, 0) is 20.6 Å². The normalized spacial score (nSPS) is 30.2. The molecule has 1 aromatic carbocycles. The topological polar surface area (TPSA) is 112 Å². The van der Waals surface area contributed by atoms with E-state index in [-0.39, 0.29) is 17.7 Å².